The van der Waals surface area contributed by atoms with E-state index < -0.39 is 5.82 Å². The molecule has 3 rings (SSSR count). The molecule has 0 radical (unpaired) electrons. The summed E-state index contributed by atoms with van der Waals surface area (Å²) in [7, 11) is 3.82. The summed E-state index contributed by atoms with van der Waals surface area (Å²) in [6.45, 7) is 6.64. The van der Waals surface area contributed by atoms with Gasteiger partial charge in [-0.05, 0) is 24.6 Å². The molecule has 1 aliphatic rings. The van der Waals surface area contributed by atoms with Gasteiger partial charge in [0, 0.05) is 51.8 Å². The summed E-state index contributed by atoms with van der Waals surface area (Å²) < 4.78 is 13.5. The van der Waals surface area contributed by atoms with Gasteiger partial charge in [0.15, 0.2) is 0 Å². The Morgan fingerprint density at radius 2 is 1.89 bits per heavy atom. The number of halogens is 1. The highest BCUT2D eigenvalue weighted by molar-refractivity contribution is 5.94. The predicted molar refractivity (Wildman–Crippen MR) is 107 cm³/mol. The number of nitrogens with zero attached hydrogens (tertiary/aromatic N) is 6. The van der Waals surface area contributed by atoms with Crippen LogP contribution in [0.25, 0.3) is 0 Å². The van der Waals surface area contributed by atoms with E-state index in [1.807, 2.05) is 19.0 Å². The van der Waals surface area contributed by atoms with Crippen molar-refractivity contribution >= 4 is 17.8 Å². The molecule has 1 amide bonds. The van der Waals surface area contributed by atoms with Crippen molar-refractivity contribution in [2.24, 2.45) is 0 Å². The van der Waals surface area contributed by atoms with Crippen LogP contribution in [0.1, 0.15) is 42.4 Å². The molecule has 8 heteroatoms. The first-order valence-corrected chi connectivity index (χ1v) is 9.58. The Bertz CT molecular complexity index is 815. The molecule has 0 unspecified atom stereocenters. The Morgan fingerprint density at radius 3 is 2.57 bits per heavy atom. The predicted octanol–water partition coefficient (Wildman–Crippen LogP) is 2.55. The normalized spacial score (nSPS) is 14.9. The van der Waals surface area contributed by atoms with Crippen LogP contribution in [0.2, 0.25) is 0 Å². The molecule has 0 aliphatic carbocycles. The maximum Gasteiger partial charge on any atom is 0.254 e. The van der Waals surface area contributed by atoms with Crippen molar-refractivity contribution in [1.82, 2.24) is 19.9 Å². The van der Waals surface area contributed by atoms with E-state index in [0.717, 1.165) is 18.8 Å². The van der Waals surface area contributed by atoms with Crippen molar-refractivity contribution < 1.29 is 9.18 Å². The molecule has 1 aliphatic heterocycles. The van der Waals surface area contributed by atoms with Gasteiger partial charge < -0.3 is 14.7 Å². The zero-order valence-corrected chi connectivity index (χ0v) is 16.9. The number of benzene rings is 1. The molecular formula is C20H27FN6O. The molecule has 28 heavy (non-hydrogen) atoms. The summed E-state index contributed by atoms with van der Waals surface area (Å²) in [6.07, 6.45) is 0.793. The second-order valence-corrected chi connectivity index (χ2v) is 7.49. The minimum Gasteiger partial charge on any atom is -0.347 e. The third-order valence-corrected chi connectivity index (χ3v) is 4.68. The van der Waals surface area contributed by atoms with Crippen LogP contribution < -0.4 is 9.80 Å². The second-order valence-electron chi connectivity index (χ2n) is 7.49. The number of hydrogen-bond acceptors (Lipinski definition) is 6. The van der Waals surface area contributed by atoms with Crippen molar-refractivity contribution in [1.29, 1.82) is 0 Å². The van der Waals surface area contributed by atoms with Crippen LogP contribution in [0.3, 0.4) is 0 Å². The molecule has 0 saturated carbocycles. The standard InChI is InChI=1S/C20H27FN6O/c1-14(2)17-22-19(25(3)4)24-20(23-17)27-10-6-9-26(11-12-27)18(28)15-7-5-8-16(21)13-15/h5,7-8,13-14H,6,9-12H2,1-4H3. The quantitative estimate of drug-likeness (QED) is 0.805. The van der Waals surface area contributed by atoms with Crippen LogP contribution in [0.5, 0.6) is 0 Å². The summed E-state index contributed by atoms with van der Waals surface area (Å²) in [5.41, 5.74) is 0.380. The average molecular weight is 386 g/mol. The number of anilines is 2. The fourth-order valence-electron chi connectivity index (χ4n) is 3.09. The van der Waals surface area contributed by atoms with Crippen molar-refractivity contribution in [3.05, 3.63) is 41.5 Å². The highest BCUT2D eigenvalue weighted by Gasteiger charge is 2.23. The number of carbonyl (C=O) groups is 1. The third kappa shape index (κ3) is 4.55. The van der Waals surface area contributed by atoms with E-state index in [1.54, 1.807) is 17.0 Å². The van der Waals surface area contributed by atoms with Gasteiger partial charge in [0.1, 0.15) is 11.6 Å². The van der Waals surface area contributed by atoms with Gasteiger partial charge in [0.2, 0.25) is 11.9 Å². The lowest BCUT2D eigenvalue weighted by atomic mass is 10.2. The summed E-state index contributed by atoms with van der Waals surface area (Å²) in [4.78, 5) is 32.2. The summed E-state index contributed by atoms with van der Waals surface area (Å²) in [6, 6.07) is 5.84. The van der Waals surface area contributed by atoms with Crippen molar-refractivity contribution in [3.8, 4) is 0 Å². The molecule has 1 aromatic carbocycles. The van der Waals surface area contributed by atoms with E-state index in [0.29, 0.717) is 37.1 Å². The largest absolute Gasteiger partial charge is 0.347 e. The number of carbonyl (C=O) groups excluding carboxylic acids is 1. The summed E-state index contributed by atoms with van der Waals surface area (Å²) >= 11 is 0. The van der Waals surface area contributed by atoms with E-state index in [4.69, 9.17) is 0 Å². The minimum atomic E-state index is -0.398. The molecule has 2 aromatic rings. The van der Waals surface area contributed by atoms with E-state index in [1.165, 1.54) is 12.1 Å². The first kappa shape index (κ1) is 20.0. The van der Waals surface area contributed by atoms with Crippen LogP contribution in [0.4, 0.5) is 16.3 Å². The molecule has 1 fully saturated rings. The maximum atomic E-state index is 13.5. The molecule has 150 valence electrons. The van der Waals surface area contributed by atoms with Gasteiger partial charge in [-0.1, -0.05) is 19.9 Å². The molecule has 1 saturated heterocycles. The zero-order chi connectivity index (χ0) is 20.3. The Morgan fingerprint density at radius 1 is 1.11 bits per heavy atom. The fourth-order valence-corrected chi connectivity index (χ4v) is 3.09. The zero-order valence-electron chi connectivity index (χ0n) is 16.9. The highest BCUT2D eigenvalue weighted by atomic mass is 19.1. The number of rotatable bonds is 4. The van der Waals surface area contributed by atoms with Gasteiger partial charge in [0.05, 0.1) is 0 Å². The first-order chi connectivity index (χ1) is 13.3. The lowest BCUT2D eigenvalue weighted by molar-refractivity contribution is 0.0766. The van der Waals surface area contributed by atoms with Gasteiger partial charge in [-0.15, -0.1) is 0 Å². The summed E-state index contributed by atoms with van der Waals surface area (Å²) in [5.74, 6) is 1.68. The first-order valence-electron chi connectivity index (χ1n) is 9.58. The van der Waals surface area contributed by atoms with Crippen LogP contribution in [-0.4, -0.2) is 66.0 Å². The molecule has 7 nitrogen and oxygen atoms in total. The molecule has 0 spiro atoms. The molecule has 0 atom stereocenters. The van der Waals surface area contributed by atoms with E-state index >= 15 is 0 Å². The van der Waals surface area contributed by atoms with Gasteiger partial charge in [-0.3, -0.25) is 4.79 Å². The summed E-state index contributed by atoms with van der Waals surface area (Å²) in [5, 5.41) is 0. The Labute approximate surface area is 165 Å². The number of hydrogen-bond donors (Lipinski definition) is 0. The van der Waals surface area contributed by atoms with Crippen molar-refractivity contribution in [3.63, 3.8) is 0 Å². The molecular weight excluding hydrogens is 359 g/mol. The lowest BCUT2D eigenvalue weighted by Gasteiger charge is -2.23. The third-order valence-electron chi connectivity index (χ3n) is 4.68. The Hall–Kier alpha value is -2.77. The van der Waals surface area contributed by atoms with Crippen molar-refractivity contribution in [2.45, 2.75) is 26.2 Å². The van der Waals surface area contributed by atoms with Gasteiger partial charge in [-0.25, -0.2) is 4.39 Å². The van der Waals surface area contributed by atoms with Crippen LogP contribution in [-0.2, 0) is 0 Å². The topological polar surface area (TPSA) is 65.5 Å². The molecule has 0 N–H and O–H groups in total. The number of amides is 1. The highest BCUT2D eigenvalue weighted by Crippen LogP contribution is 2.19. The van der Waals surface area contributed by atoms with Gasteiger partial charge in [-0.2, -0.15) is 15.0 Å². The Balaban J connectivity index is 1.77. The second kappa shape index (κ2) is 8.50. The van der Waals surface area contributed by atoms with Crippen LogP contribution in [0.15, 0.2) is 24.3 Å². The van der Waals surface area contributed by atoms with Crippen LogP contribution in [0, 0.1) is 5.82 Å². The maximum absolute atomic E-state index is 13.5. The van der Waals surface area contributed by atoms with E-state index in [9.17, 15) is 9.18 Å². The SMILES string of the molecule is CC(C)c1nc(N(C)C)nc(N2CCCN(C(=O)c3cccc(F)c3)CC2)n1. The smallest absolute Gasteiger partial charge is 0.254 e. The van der Waals surface area contributed by atoms with Gasteiger partial charge in [0.25, 0.3) is 5.91 Å². The van der Waals surface area contributed by atoms with Crippen molar-refractivity contribution in [2.75, 3.05) is 50.1 Å². The lowest BCUT2D eigenvalue weighted by Crippen LogP contribution is -2.36. The van der Waals surface area contributed by atoms with Crippen LogP contribution >= 0.6 is 0 Å². The molecule has 1 aromatic heterocycles. The molecule has 0 bridgehead atoms. The minimum absolute atomic E-state index is 0.145. The van der Waals surface area contributed by atoms with E-state index in [2.05, 4.69) is 33.7 Å². The van der Waals surface area contributed by atoms with Gasteiger partial charge >= 0.3 is 0 Å². The monoisotopic (exact) mass is 386 g/mol. The molecule has 2 heterocycles. The Kier molecular flexibility index (Phi) is 6.06. The van der Waals surface area contributed by atoms with E-state index in [-0.39, 0.29) is 11.8 Å². The average Bonchev–Trinajstić information content (AvgIpc) is 2.93. The fraction of sp³-hybridized carbons (Fsp3) is 0.500. The number of aromatic nitrogens is 3.